The largest absolute Gasteiger partial charge is 0.354 e. The highest BCUT2D eigenvalue weighted by Crippen LogP contribution is 2.31. The average molecular weight is 606 g/mol. The third kappa shape index (κ3) is 9.03. The van der Waals surface area contributed by atoms with Crippen molar-refractivity contribution in [2.45, 2.75) is 70.2 Å². The second kappa shape index (κ2) is 15.3. The van der Waals surface area contributed by atoms with Crippen molar-refractivity contribution in [3.05, 3.63) is 53.8 Å². The molecular formula is C30H40FN3O5S2. The molecule has 1 aliphatic rings. The Labute approximate surface area is 247 Å². The topological polar surface area (TPSA) is 113 Å². The molecule has 0 bridgehead atoms. The minimum atomic E-state index is -4.15. The Morgan fingerprint density at radius 2 is 1.80 bits per heavy atom. The molecule has 41 heavy (non-hydrogen) atoms. The Bertz CT molecular complexity index is 1330. The Hall–Kier alpha value is -2.92. The van der Waals surface area contributed by atoms with E-state index in [4.69, 9.17) is 0 Å². The smallest absolute Gasteiger partial charge is 0.264 e. The van der Waals surface area contributed by atoms with E-state index in [1.165, 1.54) is 41.7 Å². The van der Waals surface area contributed by atoms with E-state index in [9.17, 15) is 22.8 Å². The SMILES string of the molecule is CCCC(=O)N(CCNC(=O)[C@@H](CS)C1CCCCC1)Cc1ccc(-c2ccccc2S(=O)(=O)NC(C)=O)cc1F. The van der Waals surface area contributed by atoms with Crippen LogP contribution in [0.25, 0.3) is 11.1 Å². The molecule has 3 amide bonds. The molecule has 11 heteroatoms. The molecule has 1 fully saturated rings. The number of hydrogen-bond acceptors (Lipinski definition) is 6. The zero-order valence-electron chi connectivity index (χ0n) is 23.7. The van der Waals surface area contributed by atoms with Crippen LogP contribution >= 0.6 is 12.6 Å². The Morgan fingerprint density at radius 1 is 1.10 bits per heavy atom. The van der Waals surface area contributed by atoms with Crippen LogP contribution in [0, 0.1) is 17.7 Å². The standard InChI is InChI=1S/C30H40FN3O5S2/c1-3-9-29(36)34(17-16-32-30(37)26(20-40)22-10-5-4-6-11-22)19-24-15-14-23(18-27(24)31)25-12-7-8-13-28(25)41(38,39)33-21(2)35/h7-8,12-15,18,22,26,40H,3-6,9-11,16-17,19-20H2,1-2H3,(H,32,37)(H,33,35)/t26-/m0/s1. The minimum absolute atomic E-state index is 0.00523. The van der Waals surface area contributed by atoms with Crippen molar-refractivity contribution in [2.24, 2.45) is 11.8 Å². The normalized spacial score (nSPS) is 14.7. The number of nitrogens with zero attached hydrogens (tertiary/aromatic N) is 1. The predicted molar refractivity (Wildman–Crippen MR) is 160 cm³/mol. The monoisotopic (exact) mass is 605 g/mol. The summed E-state index contributed by atoms with van der Waals surface area (Å²) in [6, 6.07) is 10.4. The molecule has 0 spiro atoms. The first-order valence-corrected chi connectivity index (χ1v) is 16.3. The Balaban J connectivity index is 1.74. The minimum Gasteiger partial charge on any atom is -0.354 e. The van der Waals surface area contributed by atoms with E-state index in [2.05, 4.69) is 17.9 Å². The van der Waals surface area contributed by atoms with Gasteiger partial charge in [0.2, 0.25) is 17.7 Å². The first kappa shape index (κ1) is 32.6. The van der Waals surface area contributed by atoms with Crippen molar-refractivity contribution in [3.8, 4) is 11.1 Å². The van der Waals surface area contributed by atoms with E-state index in [1.807, 2.05) is 11.6 Å². The maximum atomic E-state index is 15.4. The number of carbonyl (C=O) groups excluding carboxylic acids is 3. The quantitative estimate of drug-likeness (QED) is 0.287. The molecule has 8 nitrogen and oxygen atoms in total. The fraction of sp³-hybridized carbons (Fsp3) is 0.500. The maximum absolute atomic E-state index is 15.4. The van der Waals surface area contributed by atoms with Gasteiger partial charge >= 0.3 is 0 Å². The number of nitrogens with one attached hydrogen (secondary N) is 2. The summed E-state index contributed by atoms with van der Waals surface area (Å²) < 4.78 is 42.6. The van der Waals surface area contributed by atoms with Crippen LogP contribution in [-0.4, -0.2) is 49.9 Å². The molecule has 1 atom stereocenters. The Kier molecular flexibility index (Phi) is 12.2. The van der Waals surface area contributed by atoms with Gasteiger partial charge in [0.15, 0.2) is 0 Å². The number of carbonyl (C=O) groups is 3. The van der Waals surface area contributed by atoms with Crippen LogP contribution in [0.2, 0.25) is 0 Å². The maximum Gasteiger partial charge on any atom is 0.264 e. The lowest BCUT2D eigenvalue weighted by molar-refractivity contribution is -0.132. The van der Waals surface area contributed by atoms with Crippen LogP contribution in [0.5, 0.6) is 0 Å². The first-order valence-electron chi connectivity index (χ1n) is 14.1. The summed E-state index contributed by atoms with van der Waals surface area (Å²) in [4.78, 5) is 38.6. The summed E-state index contributed by atoms with van der Waals surface area (Å²) in [6.45, 7) is 3.47. The van der Waals surface area contributed by atoms with Crippen LogP contribution in [-0.2, 0) is 31.0 Å². The summed E-state index contributed by atoms with van der Waals surface area (Å²) in [5.41, 5.74) is 0.821. The van der Waals surface area contributed by atoms with Crippen molar-refractivity contribution < 1.29 is 27.2 Å². The van der Waals surface area contributed by atoms with Gasteiger partial charge in [-0.25, -0.2) is 17.5 Å². The molecule has 2 aromatic carbocycles. The number of benzene rings is 2. The van der Waals surface area contributed by atoms with Gasteiger partial charge in [-0.15, -0.1) is 0 Å². The van der Waals surface area contributed by atoms with Gasteiger partial charge in [-0.2, -0.15) is 12.6 Å². The fourth-order valence-electron chi connectivity index (χ4n) is 5.32. The van der Waals surface area contributed by atoms with Gasteiger partial charge in [0, 0.05) is 55.8 Å². The van der Waals surface area contributed by atoms with Crippen molar-refractivity contribution in [3.63, 3.8) is 0 Å². The summed E-state index contributed by atoms with van der Waals surface area (Å²) in [6.07, 6.45) is 6.43. The van der Waals surface area contributed by atoms with E-state index < -0.39 is 21.7 Å². The summed E-state index contributed by atoms with van der Waals surface area (Å²) >= 11 is 4.42. The van der Waals surface area contributed by atoms with Gasteiger partial charge < -0.3 is 10.2 Å². The number of rotatable bonds is 13. The van der Waals surface area contributed by atoms with Crippen molar-refractivity contribution in [2.75, 3.05) is 18.8 Å². The van der Waals surface area contributed by atoms with Gasteiger partial charge in [0.1, 0.15) is 5.82 Å². The third-order valence-corrected chi connectivity index (χ3v) is 9.31. The summed E-state index contributed by atoms with van der Waals surface area (Å²) in [5.74, 6) is -0.898. The number of amides is 3. The third-order valence-electron chi connectivity index (χ3n) is 7.43. The van der Waals surface area contributed by atoms with Gasteiger partial charge in [-0.05, 0) is 42.9 Å². The number of thiol groups is 1. The highest BCUT2D eigenvalue weighted by Gasteiger charge is 2.28. The van der Waals surface area contributed by atoms with E-state index in [-0.39, 0.29) is 53.4 Å². The molecule has 0 saturated heterocycles. The van der Waals surface area contributed by atoms with E-state index in [0.29, 0.717) is 30.1 Å². The average Bonchev–Trinajstić information content (AvgIpc) is 2.94. The summed E-state index contributed by atoms with van der Waals surface area (Å²) in [7, 11) is -4.15. The van der Waals surface area contributed by atoms with Gasteiger partial charge in [0.05, 0.1) is 4.90 Å². The van der Waals surface area contributed by atoms with E-state index in [0.717, 1.165) is 32.6 Å². The van der Waals surface area contributed by atoms with Crippen LogP contribution in [0.3, 0.4) is 0 Å². The molecule has 3 rings (SSSR count). The van der Waals surface area contributed by atoms with Crippen LogP contribution in [0.15, 0.2) is 47.4 Å². The highest BCUT2D eigenvalue weighted by molar-refractivity contribution is 7.90. The molecule has 1 aliphatic carbocycles. The zero-order chi connectivity index (χ0) is 30.0. The number of hydrogen-bond donors (Lipinski definition) is 3. The molecule has 0 radical (unpaired) electrons. The highest BCUT2D eigenvalue weighted by atomic mass is 32.2. The van der Waals surface area contributed by atoms with Crippen LogP contribution < -0.4 is 10.0 Å². The molecule has 224 valence electrons. The van der Waals surface area contributed by atoms with E-state index >= 15 is 4.39 Å². The molecular weight excluding hydrogens is 565 g/mol. The predicted octanol–water partition coefficient (Wildman–Crippen LogP) is 4.69. The van der Waals surface area contributed by atoms with E-state index in [1.54, 1.807) is 12.1 Å². The lowest BCUT2D eigenvalue weighted by Crippen LogP contribution is -2.42. The Morgan fingerprint density at radius 3 is 2.44 bits per heavy atom. The molecule has 2 aromatic rings. The van der Waals surface area contributed by atoms with Crippen molar-refractivity contribution >= 4 is 40.4 Å². The first-order chi connectivity index (χ1) is 19.6. The second-order valence-corrected chi connectivity index (χ2v) is 12.5. The molecule has 0 aliphatic heterocycles. The number of halogens is 1. The lowest BCUT2D eigenvalue weighted by atomic mass is 9.80. The molecule has 2 N–H and O–H groups in total. The number of sulfonamides is 1. The zero-order valence-corrected chi connectivity index (χ0v) is 25.4. The van der Waals surface area contributed by atoms with Gasteiger partial charge in [-0.1, -0.05) is 56.5 Å². The molecule has 0 aromatic heterocycles. The molecule has 1 saturated carbocycles. The molecule has 0 heterocycles. The lowest BCUT2D eigenvalue weighted by Gasteiger charge is -2.29. The van der Waals surface area contributed by atoms with Crippen molar-refractivity contribution in [1.29, 1.82) is 0 Å². The summed E-state index contributed by atoms with van der Waals surface area (Å²) in [5, 5.41) is 2.96. The van der Waals surface area contributed by atoms with Gasteiger partial charge in [-0.3, -0.25) is 14.4 Å². The van der Waals surface area contributed by atoms with Crippen molar-refractivity contribution in [1.82, 2.24) is 14.9 Å². The second-order valence-electron chi connectivity index (χ2n) is 10.5. The van der Waals surface area contributed by atoms with Crippen LogP contribution in [0.1, 0.15) is 64.4 Å². The van der Waals surface area contributed by atoms with Crippen LogP contribution in [0.4, 0.5) is 4.39 Å². The molecule has 0 unspecified atom stereocenters. The van der Waals surface area contributed by atoms with Gasteiger partial charge in [0.25, 0.3) is 10.0 Å². The fourth-order valence-corrected chi connectivity index (χ4v) is 7.01.